The van der Waals surface area contributed by atoms with E-state index in [1.807, 2.05) is 6.07 Å². The maximum Gasteiger partial charge on any atom is 0.257 e. The molecule has 0 aromatic heterocycles. The molecule has 0 heterocycles. The fourth-order valence-corrected chi connectivity index (χ4v) is 2.25. The second-order valence-corrected chi connectivity index (χ2v) is 5.09. The standard InChI is InChI=1S/C17H18N2O4S/c1-21-13-10-15(23-3)14(22-2)9-12(13)18-17(24)19-16(20)11-7-5-4-6-8-11/h4-10H,1-3H3,(H2,18,19,20,24). The molecular formula is C17H18N2O4S. The number of rotatable bonds is 5. The molecule has 6 nitrogen and oxygen atoms in total. The van der Waals surface area contributed by atoms with E-state index < -0.39 is 0 Å². The number of carbonyl (C=O) groups excluding carboxylic acids is 1. The Labute approximate surface area is 145 Å². The number of thiocarbonyl (C=S) groups is 1. The van der Waals surface area contributed by atoms with Crippen LogP contribution in [0.3, 0.4) is 0 Å². The van der Waals surface area contributed by atoms with E-state index in [-0.39, 0.29) is 11.0 Å². The first-order chi connectivity index (χ1) is 11.6. The van der Waals surface area contributed by atoms with Crippen molar-refractivity contribution in [1.82, 2.24) is 5.32 Å². The Morgan fingerprint density at radius 3 is 2.08 bits per heavy atom. The van der Waals surface area contributed by atoms with E-state index in [4.69, 9.17) is 26.4 Å². The maximum absolute atomic E-state index is 12.1. The van der Waals surface area contributed by atoms with Gasteiger partial charge in [0.05, 0.1) is 27.0 Å². The summed E-state index contributed by atoms with van der Waals surface area (Å²) < 4.78 is 15.8. The van der Waals surface area contributed by atoms with Crippen molar-refractivity contribution in [3.05, 3.63) is 48.0 Å². The quantitative estimate of drug-likeness (QED) is 0.812. The normalized spacial score (nSPS) is 9.79. The van der Waals surface area contributed by atoms with Crippen LogP contribution in [0.1, 0.15) is 10.4 Å². The van der Waals surface area contributed by atoms with Crippen LogP contribution in [0.15, 0.2) is 42.5 Å². The Bertz CT molecular complexity index is 735. The van der Waals surface area contributed by atoms with E-state index in [9.17, 15) is 4.79 Å². The Morgan fingerprint density at radius 1 is 0.917 bits per heavy atom. The molecule has 2 N–H and O–H groups in total. The van der Waals surface area contributed by atoms with Gasteiger partial charge in [-0.2, -0.15) is 0 Å². The first-order valence-corrected chi connectivity index (χ1v) is 7.47. The molecule has 2 aromatic rings. The Hall–Kier alpha value is -2.80. The average molecular weight is 346 g/mol. The molecule has 0 saturated carbocycles. The Balaban J connectivity index is 2.15. The number of amides is 1. The van der Waals surface area contributed by atoms with Crippen LogP contribution < -0.4 is 24.8 Å². The predicted octanol–water partition coefficient (Wildman–Crippen LogP) is 2.84. The minimum absolute atomic E-state index is 0.148. The zero-order chi connectivity index (χ0) is 17.5. The summed E-state index contributed by atoms with van der Waals surface area (Å²) in [7, 11) is 4.59. The molecule has 0 fully saturated rings. The molecule has 126 valence electrons. The molecule has 0 aliphatic carbocycles. The van der Waals surface area contributed by atoms with Gasteiger partial charge < -0.3 is 19.5 Å². The van der Waals surface area contributed by atoms with Crippen molar-refractivity contribution in [2.75, 3.05) is 26.6 Å². The van der Waals surface area contributed by atoms with E-state index in [2.05, 4.69) is 10.6 Å². The molecule has 0 bridgehead atoms. The molecule has 0 atom stereocenters. The van der Waals surface area contributed by atoms with E-state index in [1.54, 1.807) is 36.4 Å². The maximum atomic E-state index is 12.1. The second-order valence-electron chi connectivity index (χ2n) is 4.68. The lowest BCUT2D eigenvalue weighted by atomic mass is 10.2. The summed E-state index contributed by atoms with van der Waals surface area (Å²) in [4.78, 5) is 12.1. The van der Waals surface area contributed by atoms with Crippen LogP contribution in [0.2, 0.25) is 0 Å². The van der Waals surface area contributed by atoms with E-state index in [0.29, 0.717) is 28.5 Å². The van der Waals surface area contributed by atoms with Crippen LogP contribution in [-0.4, -0.2) is 32.3 Å². The summed E-state index contributed by atoms with van der Waals surface area (Å²) in [5.41, 5.74) is 1.06. The van der Waals surface area contributed by atoms with Gasteiger partial charge in [-0.3, -0.25) is 10.1 Å². The predicted molar refractivity (Wildman–Crippen MR) is 96.2 cm³/mol. The third-order valence-electron chi connectivity index (χ3n) is 3.22. The van der Waals surface area contributed by atoms with Crippen molar-refractivity contribution < 1.29 is 19.0 Å². The topological polar surface area (TPSA) is 68.8 Å². The third kappa shape index (κ3) is 4.14. The van der Waals surface area contributed by atoms with E-state index in [1.165, 1.54) is 21.3 Å². The molecule has 7 heteroatoms. The molecule has 2 rings (SSSR count). The molecular weight excluding hydrogens is 328 g/mol. The minimum Gasteiger partial charge on any atom is -0.494 e. The number of hydrogen-bond acceptors (Lipinski definition) is 5. The highest BCUT2D eigenvalue weighted by atomic mass is 32.1. The van der Waals surface area contributed by atoms with Gasteiger partial charge in [-0.05, 0) is 24.4 Å². The van der Waals surface area contributed by atoms with E-state index >= 15 is 0 Å². The van der Waals surface area contributed by atoms with Gasteiger partial charge in [0.25, 0.3) is 5.91 Å². The highest BCUT2D eigenvalue weighted by Gasteiger charge is 2.14. The second kappa shape index (κ2) is 8.16. The first kappa shape index (κ1) is 17.6. The Kier molecular flexibility index (Phi) is 5.97. The lowest BCUT2D eigenvalue weighted by Gasteiger charge is -2.16. The number of methoxy groups -OCH3 is 3. The number of benzene rings is 2. The summed E-state index contributed by atoms with van der Waals surface area (Å²) in [6.45, 7) is 0. The van der Waals surface area contributed by atoms with Gasteiger partial charge in [0.15, 0.2) is 16.6 Å². The highest BCUT2D eigenvalue weighted by molar-refractivity contribution is 7.80. The summed E-state index contributed by atoms with van der Waals surface area (Å²) in [6.07, 6.45) is 0. The molecule has 0 spiro atoms. The van der Waals surface area contributed by atoms with Crippen molar-refractivity contribution in [3.63, 3.8) is 0 Å². The number of hydrogen-bond donors (Lipinski definition) is 2. The minimum atomic E-state index is -0.299. The molecule has 0 unspecified atom stereocenters. The largest absolute Gasteiger partial charge is 0.494 e. The van der Waals surface area contributed by atoms with Gasteiger partial charge in [-0.15, -0.1) is 0 Å². The molecule has 24 heavy (non-hydrogen) atoms. The van der Waals surface area contributed by atoms with Gasteiger partial charge >= 0.3 is 0 Å². The van der Waals surface area contributed by atoms with Crippen LogP contribution in [0.5, 0.6) is 17.2 Å². The molecule has 0 aliphatic heterocycles. The molecule has 2 aromatic carbocycles. The molecule has 1 amide bonds. The summed E-state index contributed by atoms with van der Waals surface area (Å²) in [5.74, 6) is 1.24. The third-order valence-corrected chi connectivity index (χ3v) is 3.42. The van der Waals surface area contributed by atoms with Crippen LogP contribution in [0.25, 0.3) is 0 Å². The molecule has 0 aliphatic rings. The summed E-state index contributed by atoms with van der Waals surface area (Å²) in [5, 5.41) is 5.69. The smallest absolute Gasteiger partial charge is 0.257 e. The fraction of sp³-hybridized carbons (Fsp3) is 0.176. The SMILES string of the molecule is COc1cc(OC)c(OC)cc1NC(=S)NC(=O)c1ccccc1. The number of nitrogens with one attached hydrogen (secondary N) is 2. The number of ether oxygens (including phenoxy) is 3. The molecule has 0 saturated heterocycles. The van der Waals surface area contributed by atoms with Crippen molar-refractivity contribution in [2.45, 2.75) is 0 Å². The van der Waals surface area contributed by atoms with Crippen molar-refractivity contribution in [3.8, 4) is 17.2 Å². The van der Waals surface area contributed by atoms with Crippen LogP contribution >= 0.6 is 12.2 Å². The van der Waals surface area contributed by atoms with Crippen molar-refractivity contribution in [2.24, 2.45) is 0 Å². The van der Waals surface area contributed by atoms with Gasteiger partial charge in [0.1, 0.15) is 5.75 Å². The zero-order valence-electron chi connectivity index (χ0n) is 13.6. The van der Waals surface area contributed by atoms with Gasteiger partial charge in [0, 0.05) is 17.7 Å². The first-order valence-electron chi connectivity index (χ1n) is 7.06. The lowest BCUT2D eigenvalue weighted by molar-refractivity contribution is 0.0977. The van der Waals surface area contributed by atoms with Crippen molar-refractivity contribution >= 4 is 28.9 Å². The fourth-order valence-electron chi connectivity index (χ4n) is 2.05. The zero-order valence-corrected chi connectivity index (χ0v) is 14.4. The summed E-state index contributed by atoms with van der Waals surface area (Å²) >= 11 is 5.19. The van der Waals surface area contributed by atoms with Gasteiger partial charge in [0.2, 0.25) is 0 Å². The highest BCUT2D eigenvalue weighted by Crippen LogP contribution is 2.37. The van der Waals surface area contributed by atoms with E-state index in [0.717, 1.165) is 0 Å². The number of anilines is 1. The summed E-state index contributed by atoms with van der Waals surface area (Å²) in [6, 6.07) is 12.2. The van der Waals surface area contributed by atoms with Crippen molar-refractivity contribution in [1.29, 1.82) is 0 Å². The monoisotopic (exact) mass is 346 g/mol. The van der Waals surface area contributed by atoms with Crippen LogP contribution in [0.4, 0.5) is 5.69 Å². The van der Waals surface area contributed by atoms with Gasteiger partial charge in [-0.1, -0.05) is 18.2 Å². The lowest BCUT2D eigenvalue weighted by Crippen LogP contribution is -2.34. The molecule has 0 radical (unpaired) electrons. The number of carbonyl (C=O) groups is 1. The van der Waals surface area contributed by atoms with Gasteiger partial charge in [-0.25, -0.2) is 0 Å². The van der Waals surface area contributed by atoms with Crippen LogP contribution in [0, 0.1) is 0 Å². The average Bonchev–Trinajstić information content (AvgIpc) is 2.61. The van der Waals surface area contributed by atoms with Crippen LogP contribution in [-0.2, 0) is 0 Å². The Morgan fingerprint density at radius 2 is 1.50 bits per heavy atom.